The topological polar surface area (TPSA) is 66.3 Å². The van der Waals surface area contributed by atoms with E-state index in [0.29, 0.717) is 24.2 Å². The summed E-state index contributed by atoms with van der Waals surface area (Å²) in [5, 5.41) is 9.32. The lowest BCUT2D eigenvalue weighted by Gasteiger charge is -2.36. The van der Waals surface area contributed by atoms with E-state index < -0.39 is 6.09 Å². The molecule has 1 saturated heterocycles. The van der Waals surface area contributed by atoms with E-state index >= 15 is 0 Å². The second-order valence-electron chi connectivity index (χ2n) is 5.34. The molecule has 1 saturated carbocycles. The third-order valence-corrected chi connectivity index (χ3v) is 4.22. The molecule has 0 atom stereocenters. The van der Waals surface area contributed by atoms with E-state index in [4.69, 9.17) is 16.7 Å². The Morgan fingerprint density at radius 2 is 1.95 bits per heavy atom. The molecule has 5 nitrogen and oxygen atoms in total. The second kappa shape index (κ2) is 4.96. The number of rotatable bonds is 2. The number of amides is 1. The van der Waals surface area contributed by atoms with Gasteiger partial charge in [-0.05, 0) is 18.9 Å². The summed E-state index contributed by atoms with van der Waals surface area (Å²) in [7, 11) is 0. The number of hydrogen-bond acceptors (Lipinski definition) is 3. The molecule has 2 heterocycles. The van der Waals surface area contributed by atoms with E-state index in [1.807, 2.05) is 0 Å². The van der Waals surface area contributed by atoms with Crippen LogP contribution in [0, 0.1) is 0 Å². The van der Waals surface area contributed by atoms with Crippen LogP contribution in [0.25, 0.3) is 0 Å². The molecule has 1 N–H and O–H groups in total. The molecule has 0 unspecified atom stereocenters. The largest absolute Gasteiger partial charge is 0.465 e. The zero-order valence-electron chi connectivity index (χ0n) is 10.5. The quantitative estimate of drug-likeness (QED) is 0.847. The van der Waals surface area contributed by atoms with Crippen molar-refractivity contribution in [2.75, 3.05) is 13.1 Å². The lowest BCUT2D eigenvalue weighted by molar-refractivity contribution is 0.104. The maximum Gasteiger partial charge on any atom is 0.407 e. The maximum atomic E-state index is 10.8. The molecule has 0 radical (unpaired) electrons. The lowest BCUT2D eigenvalue weighted by atomic mass is 9.96. The van der Waals surface area contributed by atoms with E-state index in [0.717, 1.165) is 24.4 Å². The van der Waals surface area contributed by atoms with Crippen LogP contribution in [-0.4, -0.2) is 39.2 Å². The predicted molar refractivity (Wildman–Crippen MR) is 70.6 cm³/mol. The van der Waals surface area contributed by atoms with Gasteiger partial charge in [-0.25, -0.2) is 14.8 Å². The predicted octanol–water partition coefficient (Wildman–Crippen LogP) is 2.86. The van der Waals surface area contributed by atoms with Crippen molar-refractivity contribution in [3.63, 3.8) is 0 Å². The van der Waals surface area contributed by atoms with Crippen LogP contribution in [0.4, 0.5) is 4.79 Å². The molecule has 1 aromatic rings. The molecular formula is C13H16ClN3O2. The first-order valence-corrected chi connectivity index (χ1v) is 7.03. The number of hydrogen-bond donors (Lipinski definition) is 1. The zero-order valence-corrected chi connectivity index (χ0v) is 11.3. The highest BCUT2D eigenvalue weighted by Crippen LogP contribution is 2.34. The Bertz CT molecular complexity index is 497. The van der Waals surface area contributed by atoms with Crippen LogP contribution in [0.1, 0.15) is 49.0 Å². The van der Waals surface area contributed by atoms with Crippen LogP contribution in [0.5, 0.6) is 0 Å². The molecule has 3 rings (SSSR count). The Morgan fingerprint density at radius 1 is 1.26 bits per heavy atom. The normalized spacial score (nSPS) is 20.6. The summed E-state index contributed by atoms with van der Waals surface area (Å²) in [6, 6.07) is 1.77. The van der Waals surface area contributed by atoms with Gasteiger partial charge in [0.2, 0.25) is 0 Å². The number of carboxylic acid groups (broad SMARTS) is 1. The molecule has 102 valence electrons. The fourth-order valence-corrected chi connectivity index (χ4v) is 3.05. The first-order valence-electron chi connectivity index (χ1n) is 6.65. The first-order chi connectivity index (χ1) is 9.13. The highest BCUT2D eigenvalue weighted by atomic mass is 35.5. The van der Waals surface area contributed by atoms with Crippen molar-refractivity contribution < 1.29 is 9.90 Å². The molecule has 1 aromatic heterocycles. The molecular weight excluding hydrogens is 266 g/mol. The summed E-state index contributed by atoms with van der Waals surface area (Å²) >= 11 is 6.07. The maximum absolute atomic E-state index is 10.8. The smallest absolute Gasteiger partial charge is 0.407 e. The molecule has 0 bridgehead atoms. The molecule has 0 aromatic carbocycles. The third kappa shape index (κ3) is 2.52. The molecule has 1 amide bonds. The van der Waals surface area contributed by atoms with Gasteiger partial charge >= 0.3 is 6.09 Å². The van der Waals surface area contributed by atoms with Crippen LogP contribution in [0.3, 0.4) is 0 Å². The average Bonchev–Trinajstić information content (AvgIpc) is 2.78. The molecule has 1 aliphatic heterocycles. The lowest BCUT2D eigenvalue weighted by Crippen LogP contribution is -2.48. The van der Waals surface area contributed by atoms with Crippen molar-refractivity contribution in [3.05, 3.63) is 22.7 Å². The van der Waals surface area contributed by atoms with Crippen LogP contribution < -0.4 is 0 Å². The Kier molecular flexibility index (Phi) is 3.31. The standard InChI is InChI=1S/C13H16ClN3O2/c14-11-5-10(9-6-17(7-9)13(18)19)15-12(16-11)8-3-1-2-4-8/h5,8-9H,1-4,6-7H2,(H,18,19). The van der Waals surface area contributed by atoms with E-state index in [2.05, 4.69) is 9.97 Å². The van der Waals surface area contributed by atoms with Crippen LogP contribution >= 0.6 is 11.6 Å². The Morgan fingerprint density at radius 3 is 2.58 bits per heavy atom. The average molecular weight is 282 g/mol. The Labute approximate surface area is 116 Å². The summed E-state index contributed by atoms with van der Waals surface area (Å²) in [4.78, 5) is 21.1. The number of likely N-dealkylation sites (tertiary alicyclic amines) is 1. The molecule has 6 heteroatoms. The van der Waals surface area contributed by atoms with Crippen molar-refractivity contribution in [1.29, 1.82) is 0 Å². The van der Waals surface area contributed by atoms with E-state index in [9.17, 15) is 4.79 Å². The van der Waals surface area contributed by atoms with Gasteiger partial charge in [-0.2, -0.15) is 0 Å². The van der Waals surface area contributed by atoms with E-state index in [1.165, 1.54) is 17.7 Å². The summed E-state index contributed by atoms with van der Waals surface area (Å²) in [6.07, 6.45) is 3.85. The number of carbonyl (C=O) groups is 1. The monoisotopic (exact) mass is 281 g/mol. The minimum absolute atomic E-state index is 0.164. The van der Waals surface area contributed by atoms with Gasteiger partial charge < -0.3 is 10.0 Å². The number of halogens is 1. The SMILES string of the molecule is O=C(O)N1CC(c2cc(Cl)nc(C3CCCC3)n2)C1. The van der Waals surface area contributed by atoms with Crippen LogP contribution in [0.2, 0.25) is 5.15 Å². The summed E-state index contributed by atoms with van der Waals surface area (Å²) < 4.78 is 0. The van der Waals surface area contributed by atoms with Gasteiger partial charge in [0.1, 0.15) is 11.0 Å². The van der Waals surface area contributed by atoms with Gasteiger partial charge in [-0.3, -0.25) is 0 Å². The molecule has 2 aliphatic rings. The van der Waals surface area contributed by atoms with Gasteiger partial charge in [0, 0.05) is 24.9 Å². The molecule has 1 aliphatic carbocycles. The Balaban J connectivity index is 1.77. The van der Waals surface area contributed by atoms with Gasteiger partial charge in [-0.1, -0.05) is 24.4 Å². The summed E-state index contributed by atoms with van der Waals surface area (Å²) in [5.74, 6) is 1.43. The highest BCUT2D eigenvalue weighted by Gasteiger charge is 2.33. The van der Waals surface area contributed by atoms with E-state index in [1.54, 1.807) is 6.07 Å². The van der Waals surface area contributed by atoms with Crippen molar-refractivity contribution >= 4 is 17.7 Å². The highest BCUT2D eigenvalue weighted by molar-refractivity contribution is 6.29. The molecule has 19 heavy (non-hydrogen) atoms. The number of aromatic nitrogens is 2. The fraction of sp³-hybridized carbons (Fsp3) is 0.615. The van der Waals surface area contributed by atoms with Crippen molar-refractivity contribution in [2.45, 2.75) is 37.5 Å². The van der Waals surface area contributed by atoms with Gasteiger partial charge in [0.25, 0.3) is 0 Å². The Hall–Kier alpha value is -1.36. The van der Waals surface area contributed by atoms with Crippen molar-refractivity contribution in [3.8, 4) is 0 Å². The van der Waals surface area contributed by atoms with Crippen molar-refractivity contribution in [2.24, 2.45) is 0 Å². The second-order valence-corrected chi connectivity index (χ2v) is 5.73. The van der Waals surface area contributed by atoms with E-state index in [-0.39, 0.29) is 5.92 Å². The van der Waals surface area contributed by atoms with Gasteiger partial charge in [0.05, 0.1) is 5.69 Å². The summed E-state index contributed by atoms with van der Waals surface area (Å²) in [6.45, 7) is 1.01. The van der Waals surface area contributed by atoms with Crippen molar-refractivity contribution in [1.82, 2.24) is 14.9 Å². The minimum Gasteiger partial charge on any atom is -0.465 e. The fourth-order valence-electron chi connectivity index (χ4n) is 2.85. The molecule has 0 spiro atoms. The first kappa shape index (κ1) is 12.7. The number of nitrogens with zero attached hydrogens (tertiary/aromatic N) is 3. The van der Waals surface area contributed by atoms with Gasteiger partial charge in [0.15, 0.2) is 0 Å². The van der Waals surface area contributed by atoms with Gasteiger partial charge in [-0.15, -0.1) is 0 Å². The molecule has 2 fully saturated rings. The third-order valence-electron chi connectivity index (χ3n) is 4.02. The minimum atomic E-state index is -0.868. The van der Waals surface area contributed by atoms with Crippen LogP contribution in [-0.2, 0) is 0 Å². The zero-order chi connectivity index (χ0) is 13.4. The summed E-state index contributed by atoms with van der Waals surface area (Å²) in [5.41, 5.74) is 0.888. The van der Waals surface area contributed by atoms with Crippen LogP contribution in [0.15, 0.2) is 6.07 Å².